The molecule has 1 N–H and O–H groups in total. The highest BCUT2D eigenvalue weighted by molar-refractivity contribution is 9.10. The molecule has 2 aromatic heterocycles. The van der Waals surface area contributed by atoms with Crippen LogP contribution in [-0.4, -0.2) is 21.2 Å². The summed E-state index contributed by atoms with van der Waals surface area (Å²) in [6, 6.07) is 0.467. The van der Waals surface area contributed by atoms with Crippen LogP contribution in [0.1, 0.15) is 44.1 Å². The van der Waals surface area contributed by atoms with Gasteiger partial charge in [0, 0.05) is 12.2 Å². The molecule has 0 spiro atoms. The molecule has 0 saturated heterocycles. The van der Waals surface area contributed by atoms with E-state index in [1.54, 1.807) is 6.20 Å². The minimum Gasteiger partial charge on any atom is -0.361 e. The molecule has 3 rings (SSSR count). The monoisotopic (exact) mass is 364 g/mol. The topological polar surface area (TPSA) is 63.8 Å². The Hall–Kier alpha value is -1.43. The van der Waals surface area contributed by atoms with Crippen molar-refractivity contribution in [2.24, 2.45) is 5.92 Å². The van der Waals surface area contributed by atoms with Crippen molar-refractivity contribution in [3.05, 3.63) is 22.1 Å². The Morgan fingerprint density at radius 1 is 1.23 bits per heavy atom. The number of nitrogens with one attached hydrogen (secondary N) is 1. The van der Waals surface area contributed by atoms with Crippen molar-refractivity contribution in [1.82, 2.24) is 15.1 Å². The second kappa shape index (κ2) is 6.36. The number of hydrogen-bond donors (Lipinski definition) is 1. The van der Waals surface area contributed by atoms with Crippen molar-refractivity contribution in [2.45, 2.75) is 52.5 Å². The molecule has 5 nitrogen and oxygen atoms in total. The minimum absolute atomic E-state index is 0.467. The Labute approximate surface area is 139 Å². The molecule has 0 unspecified atom stereocenters. The molecule has 1 saturated carbocycles. The lowest BCUT2D eigenvalue weighted by Crippen LogP contribution is -2.26. The first-order valence-electron chi connectivity index (χ1n) is 7.77. The van der Waals surface area contributed by atoms with Gasteiger partial charge in [-0.2, -0.15) is 0 Å². The van der Waals surface area contributed by atoms with Gasteiger partial charge in [0.1, 0.15) is 5.76 Å². The summed E-state index contributed by atoms with van der Waals surface area (Å²) in [5.74, 6) is 2.29. The number of nitrogens with zero attached hydrogens (tertiary/aromatic N) is 3. The van der Waals surface area contributed by atoms with E-state index in [0.29, 0.717) is 12.0 Å². The third-order valence-electron chi connectivity index (χ3n) is 4.36. The molecule has 1 fully saturated rings. The fourth-order valence-electron chi connectivity index (χ4n) is 3.02. The molecule has 0 amide bonds. The molecule has 1 aliphatic carbocycles. The average Bonchev–Trinajstić information content (AvgIpc) is 2.83. The van der Waals surface area contributed by atoms with Gasteiger partial charge in [0.15, 0.2) is 0 Å². The lowest BCUT2D eigenvalue weighted by atomic mass is 9.87. The van der Waals surface area contributed by atoms with Gasteiger partial charge < -0.3 is 9.84 Å². The smallest absolute Gasteiger partial charge is 0.223 e. The summed E-state index contributed by atoms with van der Waals surface area (Å²) < 4.78 is 6.11. The minimum atomic E-state index is 0.467. The van der Waals surface area contributed by atoms with Crippen molar-refractivity contribution < 1.29 is 4.52 Å². The lowest BCUT2D eigenvalue weighted by molar-refractivity contribution is 0.360. The van der Waals surface area contributed by atoms with E-state index >= 15 is 0 Å². The van der Waals surface area contributed by atoms with E-state index < -0.39 is 0 Å². The Morgan fingerprint density at radius 2 is 1.95 bits per heavy atom. The highest BCUT2D eigenvalue weighted by Crippen LogP contribution is 2.32. The van der Waals surface area contributed by atoms with Gasteiger partial charge in [-0.15, -0.1) is 0 Å². The molecule has 22 heavy (non-hydrogen) atoms. The van der Waals surface area contributed by atoms with Crippen molar-refractivity contribution in [3.8, 4) is 11.3 Å². The molecular formula is C16H21BrN4O. The molecule has 118 valence electrons. The van der Waals surface area contributed by atoms with Gasteiger partial charge in [-0.3, -0.25) is 0 Å². The Morgan fingerprint density at radius 3 is 2.59 bits per heavy atom. The van der Waals surface area contributed by atoms with E-state index in [2.05, 4.69) is 43.3 Å². The molecule has 0 bridgehead atoms. The number of rotatable bonds is 3. The zero-order chi connectivity index (χ0) is 15.7. The Balaban J connectivity index is 1.84. The van der Waals surface area contributed by atoms with Gasteiger partial charge in [0.25, 0.3) is 0 Å². The molecule has 6 heteroatoms. The van der Waals surface area contributed by atoms with E-state index in [0.717, 1.165) is 33.1 Å². The Bertz CT molecular complexity index is 643. The highest BCUT2D eigenvalue weighted by Gasteiger charge is 2.21. The summed E-state index contributed by atoms with van der Waals surface area (Å²) in [4.78, 5) is 9.08. The van der Waals surface area contributed by atoms with Gasteiger partial charge in [-0.1, -0.05) is 12.1 Å². The first kappa shape index (κ1) is 15.5. The fraction of sp³-hybridized carbons (Fsp3) is 0.562. The van der Waals surface area contributed by atoms with Gasteiger partial charge in [-0.05, 0) is 61.4 Å². The van der Waals surface area contributed by atoms with Crippen LogP contribution in [0, 0.1) is 19.8 Å². The van der Waals surface area contributed by atoms with Gasteiger partial charge in [0.05, 0.1) is 21.4 Å². The summed E-state index contributed by atoms with van der Waals surface area (Å²) >= 11 is 3.53. The second-order valence-corrected chi connectivity index (χ2v) is 7.04. The van der Waals surface area contributed by atoms with Crippen LogP contribution in [0.3, 0.4) is 0 Å². The van der Waals surface area contributed by atoms with Crippen LogP contribution in [0.15, 0.2) is 15.2 Å². The van der Waals surface area contributed by atoms with Crippen molar-refractivity contribution in [2.75, 3.05) is 5.32 Å². The van der Waals surface area contributed by atoms with Crippen LogP contribution in [0.4, 0.5) is 5.95 Å². The number of hydrogen-bond acceptors (Lipinski definition) is 5. The summed E-state index contributed by atoms with van der Waals surface area (Å²) in [5.41, 5.74) is 2.61. The third-order valence-corrected chi connectivity index (χ3v) is 4.94. The van der Waals surface area contributed by atoms with Crippen LogP contribution < -0.4 is 5.32 Å². The largest absolute Gasteiger partial charge is 0.361 e. The quantitative estimate of drug-likeness (QED) is 0.868. The second-order valence-electron chi connectivity index (χ2n) is 6.19. The number of halogens is 1. The first-order valence-corrected chi connectivity index (χ1v) is 8.56. The number of anilines is 1. The number of aromatic nitrogens is 3. The first-order chi connectivity index (χ1) is 10.5. The zero-order valence-electron chi connectivity index (χ0n) is 13.2. The van der Waals surface area contributed by atoms with Crippen molar-refractivity contribution in [1.29, 1.82) is 0 Å². The molecule has 2 heterocycles. The van der Waals surface area contributed by atoms with Crippen LogP contribution in [0.5, 0.6) is 0 Å². The molecule has 1 aliphatic rings. The van der Waals surface area contributed by atoms with Crippen LogP contribution in [0.25, 0.3) is 11.3 Å². The summed E-state index contributed by atoms with van der Waals surface area (Å²) in [6.07, 6.45) is 6.69. The lowest BCUT2D eigenvalue weighted by Gasteiger charge is -2.27. The molecule has 0 aromatic carbocycles. The van der Waals surface area contributed by atoms with Crippen molar-refractivity contribution in [3.63, 3.8) is 0 Å². The average molecular weight is 365 g/mol. The predicted octanol–water partition coefficient (Wildman–Crippen LogP) is 4.50. The fourth-order valence-corrected chi connectivity index (χ4v) is 3.41. The van der Waals surface area contributed by atoms with Crippen LogP contribution >= 0.6 is 15.9 Å². The third kappa shape index (κ3) is 3.16. The molecule has 0 aliphatic heterocycles. The van der Waals surface area contributed by atoms with E-state index in [4.69, 9.17) is 4.52 Å². The SMILES string of the molecule is Cc1noc(C)c1-c1nc(N[C@H]2CC[C@H](C)CC2)ncc1Br. The van der Waals surface area contributed by atoms with E-state index in [9.17, 15) is 0 Å². The summed E-state index contributed by atoms with van der Waals surface area (Å²) in [7, 11) is 0. The number of aryl methyl sites for hydroxylation is 2. The standard InChI is InChI=1S/C16H21BrN4O/c1-9-4-6-12(7-5-9)19-16-18-8-13(17)15(20-16)14-10(2)21-22-11(14)3/h8-9,12H,4-7H2,1-3H3,(H,18,19,20)/t9-,12-. The Kier molecular flexibility index (Phi) is 4.47. The molecule has 0 radical (unpaired) electrons. The van der Waals surface area contributed by atoms with Crippen LogP contribution in [0.2, 0.25) is 0 Å². The maximum atomic E-state index is 5.25. The van der Waals surface area contributed by atoms with E-state index in [1.165, 1.54) is 25.7 Å². The maximum absolute atomic E-state index is 5.25. The summed E-state index contributed by atoms with van der Waals surface area (Å²) in [5, 5.41) is 7.49. The predicted molar refractivity (Wildman–Crippen MR) is 89.7 cm³/mol. The van der Waals surface area contributed by atoms with E-state index in [1.807, 2.05) is 13.8 Å². The summed E-state index contributed by atoms with van der Waals surface area (Å²) in [6.45, 7) is 6.15. The normalized spacial score (nSPS) is 21.8. The van der Waals surface area contributed by atoms with Gasteiger partial charge >= 0.3 is 0 Å². The highest BCUT2D eigenvalue weighted by atomic mass is 79.9. The van der Waals surface area contributed by atoms with Gasteiger partial charge in [0.2, 0.25) is 5.95 Å². The van der Waals surface area contributed by atoms with Gasteiger partial charge in [-0.25, -0.2) is 9.97 Å². The molecule has 2 aromatic rings. The van der Waals surface area contributed by atoms with E-state index in [-0.39, 0.29) is 0 Å². The molecular weight excluding hydrogens is 344 g/mol. The maximum Gasteiger partial charge on any atom is 0.223 e. The van der Waals surface area contributed by atoms with Crippen LogP contribution in [-0.2, 0) is 0 Å². The molecule has 0 atom stereocenters. The van der Waals surface area contributed by atoms with Crippen molar-refractivity contribution >= 4 is 21.9 Å². The zero-order valence-corrected chi connectivity index (χ0v) is 14.8.